The lowest BCUT2D eigenvalue weighted by Crippen LogP contribution is -2.20. The van der Waals surface area contributed by atoms with E-state index in [9.17, 15) is 9.59 Å². The SMILES string of the molecule is CCOC(=O)c1sc(NC(=O)COC(C)C)cc1C. The maximum absolute atomic E-state index is 11.6. The molecule has 0 spiro atoms. The van der Waals surface area contributed by atoms with Crippen LogP contribution in [0, 0.1) is 6.92 Å². The van der Waals surface area contributed by atoms with Gasteiger partial charge in [0.1, 0.15) is 11.5 Å². The number of anilines is 1. The summed E-state index contributed by atoms with van der Waals surface area (Å²) in [5.41, 5.74) is 0.795. The van der Waals surface area contributed by atoms with E-state index < -0.39 is 0 Å². The smallest absolute Gasteiger partial charge is 0.348 e. The Morgan fingerprint density at radius 1 is 1.42 bits per heavy atom. The average Bonchev–Trinajstić information content (AvgIpc) is 2.68. The third-order valence-electron chi connectivity index (χ3n) is 2.19. The van der Waals surface area contributed by atoms with Crippen LogP contribution in [0.2, 0.25) is 0 Å². The number of hydrogen-bond acceptors (Lipinski definition) is 5. The molecule has 0 radical (unpaired) electrons. The summed E-state index contributed by atoms with van der Waals surface area (Å²) in [6, 6.07) is 1.75. The van der Waals surface area contributed by atoms with E-state index in [4.69, 9.17) is 9.47 Å². The fourth-order valence-electron chi connectivity index (χ4n) is 1.36. The van der Waals surface area contributed by atoms with Crippen molar-refractivity contribution < 1.29 is 19.1 Å². The van der Waals surface area contributed by atoms with Gasteiger partial charge in [-0.15, -0.1) is 11.3 Å². The monoisotopic (exact) mass is 285 g/mol. The molecule has 19 heavy (non-hydrogen) atoms. The average molecular weight is 285 g/mol. The van der Waals surface area contributed by atoms with E-state index in [0.29, 0.717) is 16.5 Å². The highest BCUT2D eigenvalue weighted by Gasteiger charge is 2.15. The first-order valence-electron chi connectivity index (χ1n) is 6.13. The van der Waals surface area contributed by atoms with E-state index in [1.807, 2.05) is 20.8 Å². The van der Waals surface area contributed by atoms with Crippen LogP contribution in [0.4, 0.5) is 5.00 Å². The van der Waals surface area contributed by atoms with Gasteiger partial charge >= 0.3 is 5.97 Å². The number of aryl methyl sites for hydroxylation is 1. The molecule has 0 aliphatic carbocycles. The third-order valence-corrected chi connectivity index (χ3v) is 3.32. The highest BCUT2D eigenvalue weighted by molar-refractivity contribution is 7.18. The minimum Gasteiger partial charge on any atom is -0.462 e. The van der Waals surface area contributed by atoms with Crippen molar-refractivity contribution >= 4 is 28.2 Å². The number of carbonyl (C=O) groups is 2. The highest BCUT2D eigenvalue weighted by atomic mass is 32.1. The molecule has 0 aromatic carbocycles. The van der Waals surface area contributed by atoms with Crippen LogP contribution in [0.25, 0.3) is 0 Å². The maximum atomic E-state index is 11.6. The van der Waals surface area contributed by atoms with E-state index in [1.165, 1.54) is 11.3 Å². The van der Waals surface area contributed by atoms with Gasteiger partial charge in [0.05, 0.1) is 17.7 Å². The van der Waals surface area contributed by atoms with Crippen molar-refractivity contribution in [2.75, 3.05) is 18.5 Å². The van der Waals surface area contributed by atoms with Crippen LogP contribution < -0.4 is 5.32 Å². The number of thiophene rings is 1. The zero-order valence-electron chi connectivity index (χ0n) is 11.6. The molecule has 0 unspecified atom stereocenters. The second-order valence-corrected chi connectivity index (χ2v) is 5.30. The molecule has 0 saturated heterocycles. The van der Waals surface area contributed by atoms with Gasteiger partial charge in [0, 0.05) is 0 Å². The molecule has 6 heteroatoms. The second-order valence-electron chi connectivity index (χ2n) is 4.25. The van der Waals surface area contributed by atoms with Gasteiger partial charge in [-0.05, 0) is 39.3 Å². The molecule has 0 aliphatic rings. The van der Waals surface area contributed by atoms with Crippen molar-refractivity contribution in [2.24, 2.45) is 0 Å². The molecular weight excluding hydrogens is 266 g/mol. The summed E-state index contributed by atoms with van der Waals surface area (Å²) in [5.74, 6) is -0.589. The molecular formula is C13H19NO4S. The molecule has 1 heterocycles. The summed E-state index contributed by atoms with van der Waals surface area (Å²) < 4.78 is 10.1. The Bertz CT molecular complexity index is 453. The summed E-state index contributed by atoms with van der Waals surface area (Å²) >= 11 is 1.21. The Balaban J connectivity index is 2.63. The number of ether oxygens (including phenoxy) is 2. The van der Waals surface area contributed by atoms with Crippen molar-refractivity contribution in [3.05, 3.63) is 16.5 Å². The van der Waals surface area contributed by atoms with Gasteiger partial charge in [0.25, 0.3) is 5.91 Å². The van der Waals surface area contributed by atoms with Gasteiger partial charge in [0.15, 0.2) is 0 Å². The first-order valence-corrected chi connectivity index (χ1v) is 6.94. The predicted octanol–water partition coefficient (Wildman–Crippen LogP) is 2.60. The molecule has 1 amide bonds. The minimum atomic E-state index is -0.357. The van der Waals surface area contributed by atoms with Crippen LogP contribution >= 0.6 is 11.3 Å². The van der Waals surface area contributed by atoms with E-state index in [2.05, 4.69) is 5.32 Å². The van der Waals surface area contributed by atoms with E-state index in [-0.39, 0.29) is 24.6 Å². The lowest BCUT2D eigenvalue weighted by molar-refractivity contribution is -0.121. The van der Waals surface area contributed by atoms with Gasteiger partial charge < -0.3 is 14.8 Å². The van der Waals surface area contributed by atoms with Crippen molar-refractivity contribution in [2.45, 2.75) is 33.8 Å². The van der Waals surface area contributed by atoms with Crippen molar-refractivity contribution in [3.63, 3.8) is 0 Å². The first-order chi connectivity index (χ1) is 8.93. The third kappa shape index (κ3) is 5.00. The lowest BCUT2D eigenvalue weighted by Gasteiger charge is -2.06. The number of rotatable bonds is 6. The number of hydrogen-bond donors (Lipinski definition) is 1. The zero-order valence-corrected chi connectivity index (χ0v) is 12.4. The van der Waals surface area contributed by atoms with Crippen LogP contribution in [-0.2, 0) is 14.3 Å². The van der Waals surface area contributed by atoms with Gasteiger partial charge in [-0.3, -0.25) is 4.79 Å². The number of amides is 1. The Kier molecular flexibility index (Phi) is 5.98. The number of esters is 1. The topological polar surface area (TPSA) is 64.6 Å². The highest BCUT2D eigenvalue weighted by Crippen LogP contribution is 2.27. The predicted molar refractivity (Wildman–Crippen MR) is 74.7 cm³/mol. The number of carbonyl (C=O) groups excluding carboxylic acids is 2. The molecule has 106 valence electrons. The van der Waals surface area contributed by atoms with Gasteiger partial charge in [-0.1, -0.05) is 0 Å². The quantitative estimate of drug-likeness (QED) is 0.816. The van der Waals surface area contributed by atoms with Gasteiger partial charge in [0.2, 0.25) is 0 Å². The summed E-state index contributed by atoms with van der Waals surface area (Å²) in [6.07, 6.45) is 0.00548. The summed E-state index contributed by atoms with van der Waals surface area (Å²) in [5, 5.41) is 3.33. The van der Waals surface area contributed by atoms with Crippen molar-refractivity contribution in [3.8, 4) is 0 Å². The molecule has 1 aromatic rings. The van der Waals surface area contributed by atoms with E-state index in [1.54, 1.807) is 13.0 Å². The van der Waals surface area contributed by atoms with Crippen LogP contribution in [0.15, 0.2) is 6.07 Å². The second kappa shape index (κ2) is 7.25. The Labute approximate surface area is 116 Å². The van der Waals surface area contributed by atoms with E-state index in [0.717, 1.165) is 5.56 Å². The Morgan fingerprint density at radius 2 is 2.11 bits per heavy atom. The van der Waals surface area contributed by atoms with Crippen LogP contribution in [0.3, 0.4) is 0 Å². The summed E-state index contributed by atoms with van der Waals surface area (Å²) in [6.45, 7) is 7.63. The molecule has 0 aliphatic heterocycles. The van der Waals surface area contributed by atoms with E-state index >= 15 is 0 Å². The molecule has 0 saturated carbocycles. The first kappa shape index (κ1) is 15.7. The standard InChI is InChI=1S/C13H19NO4S/c1-5-17-13(16)12-9(4)6-11(19-12)14-10(15)7-18-8(2)3/h6,8H,5,7H2,1-4H3,(H,14,15). The Hall–Kier alpha value is -1.40. The molecule has 0 fully saturated rings. The molecule has 5 nitrogen and oxygen atoms in total. The molecule has 0 atom stereocenters. The van der Waals surface area contributed by atoms with Crippen LogP contribution in [0.5, 0.6) is 0 Å². The zero-order chi connectivity index (χ0) is 14.4. The summed E-state index contributed by atoms with van der Waals surface area (Å²) in [4.78, 5) is 23.7. The van der Waals surface area contributed by atoms with Crippen molar-refractivity contribution in [1.29, 1.82) is 0 Å². The lowest BCUT2D eigenvalue weighted by atomic mass is 10.3. The normalized spacial score (nSPS) is 10.6. The molecule has 1 rings (SSSR count). The molecule has 1 aromatic heterocycles. The fourth-order valence-corrected chi connectivity index (χ4v) is 2.34. The minimum absolute atomic E-state index is 0.00333. The maximum Gasteiger partial charge on any atom is 0.348 e. The van der Waals surface area contributed by atoms with Crippen molar-refractivity contribution in [1.82, 2.24) is 0 Å². The van der Waals surface area contributed by atoms with Crippen LogP contribution in [-0.4, -0.2) is 31.2 Å². The molecule has 0 bridgehead atoms. The number of nitrogens with one attached hydrogen (secondary N) is 1. The fraction of sp³-hybridized carbons (Fsp3) is 0.538. The van der Waals surface area contributed by atoms with Gasteiger partial charge in [-0.25, -0.2) is 4.79 Å². The van der Waals surface area contributed by atoms with Gasteiger partial charge in [-0.2, -0.15) is 0 Å². The summed E-state index contributed by atoms with van der Waals surface area (Å²) in [7, 11) is 0. The largest absolute Gasteiger partial charge is 0.462 e. The Morgan fingerprint density at radius 3 is 2.68 bits per heavy atom. The molecule has 1 N–H and O–H groups in total. The van der Waals surface area contributed by atoms with Crippen LogP contribution in [0.1, 0.15) is 36.0 Å².